The van der Waals surface area contributed by atoms with Gasteiger partial charge in [-0.25, -0.2) is 13.2 Å². The van der Waals surface area contributed by atoms with E-state index in [1.165, 1.54) is 48.0 Å². The summed E-state index contributed by atoms with van der Waals surface area (Å²) in [6, 6.07) is 8.56. The van der Waals surface area contributed by atoms with Crippen LogP contribution in [0.3, 0.4) is 0 Å². The highest BCUT2D eigenvalue weighted by Crippen LogP contribution is 2.27. The van der Waals surface area contributed by atoms with Crippen LogP contribution in [0.1, 0.15) is 0 Å². The number of oxazole rings is 1. The molecule has 3 aromatic rings. The van der Waals surface area contributed by atoms with Crippen LogP contribution in [0.2, 0.25) is 10.0 Å². The van der Waals surface area contributed by atoms with Crippen LogP contribution in [0.25, 0.3) is 11.1 Å². The molecule has 2 aromatic carbocycles. The maximum Gasteiger partial charge on any atom is 0.419 e. The first-order chi connectivity index (χ1) is 10.8. The maximum atomic E-state index is 12.4. The Balaban J connectivity index is 2.01. The number of hydrogen-bond donors (Lipinski definition) is 1. The molecule has 0 saturated carbocycles. The highest BCUT2D eigenvalue weighted by molar-refractivity contribution is 7.92. The van der Waals surface area contributed by atoms with Gasteiger partial charge in [-0.05, 0) is 30.3 Å². The van der Waals surface area contributed by atoms with E-state index in [9.17, 15) is 13.2 Å². The zero-order valence-electron chi connectivity index (χ0n) is 11.7. The number of halogens is 2. The number of benzene rings is 2. The summed E-state index contributed by atoms with van der Waals surface area (Å²) in [4.78, 5) is 11.4. The second kappa shape index (κ2) is 5.59. The fourth-order valence-electron chi connectivity index (χ4n) is 2.06. The molecule has 1 aromatic heterocycles. The Hall–Kier alpha value is -1.96. The maximum absolute atomic E-state index is 12.4. The molecule has 0 unspecified atom stereocenters. The van der Waals surface area contributed by atoms with Crippen molar-refractivity contribution in [2.24, 2.45) is 7.05 Å². The van der Waals surface area contributed by atoms with Crippen LogP contribution in [-0.4, -0.2) is 13.0 Å². The smallest absolute Gasteiger partial charge is 0.408 e. The average Bonchev–Trinajstić information content (AvgIpc) is 2.77. The molecule has 0 bridgehead atoms. The van der Waals surface area contributed by atoms with Gasteiger partial charge in [0.2, 0.25) is 0 Å². The number of anilines is 1. The van der Waals surface area contributed by atoms with Crippen LogP contribution < -0.4 is 10.5 Å². The predicted octanol–water partition coefficient (Wildman–Crippen LogP) is 3.24. The number of aromatic nitrogens is 1. The molecule has 1 N–H and O–H groups in total. The Bertz CT molecular complexity index is 1070. The molecular formula is C14H10Cl2N2O4S. The van der Waals surface area contributed by atoms with E-state index in [-0.39, 0.29) is 21.2 Å². The molecule has 0 spiro atoms. The fraction of sp³-hybridized carbons (Fsp3) is 0.0714. The zero-order chi connectivity index (χ0) is 16.8. The van der Waals surface area contributed by atoms with Gasteiger partial charge >= 0.3 is 5.76 Å². The predicted molar refractivity (Wildman–Crippen MR) is 88.7 cm³/mol. The topological polar surface area (TPSA) is 81.3 Å². The normalized spacial score (nSPS) is 11.8. The number of nitrogens with zero attached hydrogens (tertiary/aromatic N) is 1. The molecule has 0 aliphatic carbocycles. The lowest BCUT2D eigenvalue weighted by Gasteiger charge is -2.09. The van der Waals surface area contributed by atoms with E-state index in [4.69, 9.17) is 27.6 Å². The largest absolute Gasteiger partial charge is 0.419 e. The van der Waals surface area contributed by atoms with Crippen molar-refractivity contribution in [1.29, 1.82) is 0 Å². The standard InChI is InChI=1S/C14H10Cl2N2O4S/c1-18-12-5-3-9(7-13(12)22-14(18)19)23(20,21)17-8-2-4-10(15)11(16)6-8/h2-7,17H,1H3. The lowest BCUT2D eigenvalue weighted by Crippen LogP contribution is -2.12. The summed E-state index contributed by atoms with van der Waals surface area (Å²) in [5.41, 5.74) is 0.965. The van der Waals surface area contributed by atoms with Gasteiger partial charge in [0.05, 0.1) is 26.1 Å². The van der Waals surface area contributed by atoms with Crippen molar-refractivity contribution in [3.05, 3.63) is 57.0 Å². The third-order valence-corrected chi connectivity index (χ3v) is 5.36. The van der Waals surface area contributed by atoms with Gasteiger partial charge < -0.3 is 4.42 Å². The Morgan fingerprint density at radius 1 is 1.09 bits per heavy atom. The zero-order valence-corrected chi connectivity index (χ0v) is 14.0. The third-order valence-electron chi connectivity index (χ3n) is 3.25. The van der Waals surface area contributed by atoms with Gasteiger partial charge in [0, 0.05) is 13.1 Å². The van der Waals surface area contributed by atoms with Crippen LogP contribution in [0.15, 0.2) is 50.5 Å². The first-order valence-corrected chi connectivity index (χ1v) is 8.59. The molecule has 0 fully saturated rings. The summed E-state index contributed by atoms with van der Waals surface area (Å²) in [5.74, 6) is -0.563. The summed E-state index contributed by atoms with van der Waals surface area (Å²) < 4.78 is 33.5. The van der Waals surface area contributed by atoms with Crippen molar-refractivity contribution < 1.29 is 12.8 Å². The van der Waals surface area contributed by atoms with Crippen LogP contribution in [-0.2, 0) is 17.1 Å². The second-order valence-corrected chi connectivity index (χ2v) is 7.29. The van der Waals surface area contributed by atoms with Crippen molar-refractivity contribution >= 4 is 50.0 Å². The first-order valence-electron chi connectivity index (χ1n) is 6.35. The van der Waals surface area contributed by atoms with Crippen molar-refractivity contribution in [3.8, 4) is 0 Å². The van der Waals surface area contributed by atoms with Crippen molar-refractivity contribution in [2.45, 2.75) is 4.90 Å². The van der Waals surface area contributed by atoms with Crippen LogP contribution in [0.5, 0.6) is 0 Å². The molecular weight excluding hydrogens is 363 g/mol. The summed E-state index contributed by atoms with van der Waals surface area (Å²) in [6.07, 6.45) is 0. The van der Waals surface area contributed by atoms with Crippen molar-refractivity contribution in [2.75, 3.05) is 4.72 Å². The Morgan fingerprint density at radius 3 is 2.52 bits per heavy atom. The highest BCUT2D eigenvalue weighted by Gasteiger charge is 2.17. The molecule has 0 radical (unpaired) electrons. The van der Waals surface area contributed by atoms with Crippen molar-refractivity contribution in [3.63, 3.8) is 0 Å². The van der Waals surface area contributed by atoms with Crippen LogP contribution in [0.4, 0.5) is 5.69 Å². The van der Waals surface area contributed by atoms with Crippen molar-refractivity contribution in [1.82, 2.24) is 4.57 Å². The SMILES string of the molecule is Cn1c(=O)oc2cc(S(=O)(=O)Nc3ccc(Cl)c(Cl)c3)ccc21. The molecule has 0 aliphatic rings. The third kappa shape index (κ3) is 2.95. The van der Waals surface area contributed by atoms with E-state index < -0.39 is 15.8 Å². The minimum Gasteiger partial charge on any atom is -0.408 e. The molecule has 120 valence electrons. The molecule has 0 saturated heterocycles. The molecule has 23 heavy (non-hydrogen) atoms. The van der Waals surface area contributed by atoms with E-state index in [1.807, 2.05) is 0 Å². The van der Waals surface area contributed by atoms with E-state index >= 15 is 0 Å². The molecule has 0 atom stereocenters. The molecule has 9 heteroatoms. The molecule has 6 nitrogen and oxygen atoms in total. The number of sulfonamides is 1. The van der Waals surface area contributed by atoms with Gasteiger partial charge in [0.15, 0.2) is 5.58 Å². The quantitative estimate of drug-likeness (QED) is 0.764. The monoisotopic (exact) mass is 372 g/mol. The number of nitrogens with one attached hydrogen (secondary N) is 1. The summed E-state index contributed by atoms with van der Waals surface area (Å²) in [7, 11) is -2.32. The van der Waals surface area contributed by atoms with Gasteiger partial charge in [0.25, 0.3) is 10.0 Å². The van der Waals surface area contributed by atoms with Gasteiger partial charge in [-0.2, -0.15) is 0 Å². The molecule has 1 heterocycles. The van der Waals surface area contributed by atoms with E-state index in [1.54, 1.807) is 0 Å². The fourth-order valence-corrected chi connectivity index (χ4v) is 3.42. The highest BCUT2D eigenvalue weighted by atomic mass is 35.5. The minimum absolute atomic E-state index is 0.0366. The second-order valence-electron chi connectivity index (χ2n) is 4.79. The Labute approximate surface area is 141 Å². The van der Waals surface area contributed by atoms with E-state index in [2.05, 4.69) is 4.72 Å². The summed E-state index contributed by atoms with van der Waals surface area (Å²) in [6.45, 7) is 0. The lowest BCUT2D eigenvalue weighted by molar-refractivity contribution is 0.527. The molecule has 3 rings (SSSR count). The summed E-state index contributed by atoms with van der Waals surface area (Å²) in [5, 5.41) is 0.554. The lowest BCUT2D eigenvalue weighted by atomic mass is 10.3. The number of fused-ring (bicyclic) bond motifs is 1. The Morgan fingerprint density at radius 2 is 1.83 bits per heavy atom. The van der Waals surface area contributed by atoms with Crippen LogP contribution >= 0.6 is 23.2 Å². The first kappa shape index (κ1) is 15.9. The minimum atomic E-state index is -3.86. The van der Waals surface area contributed by atoms with E-state index in [0.29, 0.717) is 10.5 Å². The van der Waals surface area contributed by atoms with Crippen LogP contribution in [0, 0.1) is 0 Å². The number of hydrogen-bond acceptors (Lipinski definition) is 4. The molecule has 0 amide bonds. The van der Waals surface area contributed by atoms with Gasteiger partial charge in [-0.3, -0.25) is 9.29 Å². The van der Waals surface area contributed by atoms with E-state index in [0.717, 1.165) is 0 Å². The van der Waals surface area contributed by atoms with Gasteiger partial charge in [0.1, 0.15) is 0 Å². The average molecular weight is 373 g/mol. The van der Waals surface area contributed by atoms with Gasteiger partial charge in [-0.15, -0.1) is 0 Å². The number of rotatable bonds is 3. The number of aryl methyl sites for hydroxylation is 1. The molecule has 0 aliphatic heterocycles. The Kier molecular flexibility index (Phi) is 3.87. The van der Waals surface area contributed by atoms with Gasteiger partial charge in [-0.1, -0.05) is 23.2 Å². The summed E-state index contributed by atoms with van der Waals surface area (Å²) >= 11 is 11.7.